The van der Waals surface area contributed by atoms with E-state index in [2.05, 4.69) is 13.8 Å². The molecule has 0 aromatic heterocycles. The van der Waals surface area contributed by atoms with Crippen LogP contribution >= 0.6 is 0 Å². The summed E-state index contributed by atoms with van der Waals surface area (Å²) in [4.78, 5) is 13.8. The third-order valence-corrected chi connectivity index (χ3v) is 13.1. The van der Waals surface area contributed by atoms with E-state index in [1.807, 2.05) is 48.5 Å². The van der Waals surface area contributed by atoms with E-state index < -0.39 is 33.6 Å². The average molecular weight is 574 g/mol. The monoisotopic (exact) mass is 573 g/mol. The Morgan fingerprint density at radius 3 is 2.02 bits per heavy atom. The first-order chi connectivity index (χ1) is 19.0. The Kier molecular flexibility index (Phi) is 9.04. The number of sulfonamides is 1. The Bertz CT molecular complexity index is 1090. The summed E-state index contributed by atoms with van der Waals surface area (Å²) >= 11 is 0. The molecule has 0 aliphatic heterocycles. The normalized spacial score (nSPS) is 30.1. The van der Waals surface area contributed by atoms with Gasteiger partial charge in [-0.25, -0.2) is 13.2 Å². The largest absolute Gasteiger partial charge is 0.460 e. The number of carbonyl (C=O) groups is 1. The van der Waals surface area contributed by atoms with Gasteiger partial charge in [0.05, 0.1) is 11.9 Å². The third-order valence-electron chi connectivity index (χ3n) is 11.0. The summed E-state index contributed by atoms with van der Waals surface area (Å²) in [6.07, 6.45) is 11.8. The molecule has 4 aliphatic carbocycles. The lowest BCUT2D eigenvalue weighted by molar-refractivity contribution is -0.173. The lowest BCUT2D eigenvalue weighted by atomic mass is 9.69. The van der Waals surface area contributed by atoms with Crippen molar-refractivity contribution in [3.63, 3.8) is 0 Å². The molecule has 4 fully saturated rings. The van der Waals surface area contributed by atoms with E-state index in [1.54, 1.807) is 0 Å². The van der Waals surface area contributed by atoms with Crippen molar-refractivity contribution >= 4 is 16.0 Å². The highest BCUT2D eigenvalue weighted by Crippen LogP contribution is 2.67. The van der Waals surface area contributed by atoms with Gasteiger partial charge in [-0.05, 0) is 75.7 Å². The number of ether oxygens (including phenoxy) is 2. The number of carbonyl (C=O) groups excluding carboxylic acids is 1. The molecular weight excluding hydrogens is 522 g/mol. The van der Waals surface area contributed by atoms with Crippen LogP contribution in [0.25, 0.3) is 0 Å². The summed E-state index contributed by atoms with van der Waals surface area (Å²) in [6.45, 7) is 8.28. The second kappa shape index (κ2) is 12.0. The zero-order valence-electron chi connectivity index (χ0n) is 25.1. The van der Waals surface area contributed by atoms with Gasteiger partial charge in [0.1, 0.15) is 6.10 Å². The first-order valence-electron chi connectivity index (χ1n) is 16.0. The Labute approximate surface area is 242 Å². The molecule has 1 aromatic rings. The summed E-state index contributed by atoms with van der Waals surface area (Å²) in [5, 5.41) is 0. The minimum Gasteiger partial charge on any atom is -0.460 e. The Morgan fingerprint density at radius 2 is 1.50 bits per heavy atom. The molecule has 0 radical (unpaired) electrons. The summed E-state index contributed by atoms with van der Waals surface area (Å²) < 4.78 is 43.7. The van der Waals surface area contributed by atoms with Gasteiger partial charge in [-0.15, -0.1) is 0 Å². The van der Waals surface area contributed by atoms with Crippen LogP contribution in [0.1, 0.15) is 123 Å². The predicted molar refractivity (Wildman–Crippen MR) is 158 cm³/mol. The molecule has 0 amide bonds. The maximum absolute atomic E-state index is 14.6. The minimum absolute atomic E-state index is 0.0789. The molecule has 6 nitrogen and oxygen atoms in total. The van der Waals surface area contributed by atoms with Crippen LogP contribution in [-0.2, 0) is 24.3 Å². The van der Waals surface area contributed by atoms with Gasteiger partial charge < -0.3 is 9.47 Å². The van der Waals surface area contributed by atoms with Crippen molar-refractivity contribution in [3.8, 4) is 0 Å². The molecule has 1 unspecified atom stereocenters. The van der Waals surface area contributed by atoms with Crippen molar-refractivity contribution in [2.75, 3.05) is 5.75 Å². The zero-order chi connectivity index (χ0) is 28.5. The first kappa shape index (κ1) is 30.0. The Morgan fingerprint density at radius 1 is 0.925 bits per heavy atom. The lowest BCUT2D eigenvalue weighted by Crippen LogP contribution is -2.54. The minimum atomic E-state index is -3.57. The molecule has 4 aliphatic rings. The molecule has 2 bridgehead atoms. The number of hydrogen-bond acceptors (Lipinski definition) is 5. The molecule has 5 rings (SSSR count). The van der Waals surface area contributed by atoms with Crippen LogP contribution in [-0.4, -0.2) is 48.7 Å². The van der Waals surface area contributed by atoms with Crippen molar-refractivity contribution in [2.24, 2.45) is 16.7 Å². The number of nitrogens with zero attached hydrogens (tertiary/aromatic N) is 1. The van der Waals surface area contributed by atoms with Crippen LogP contribution in [0.15, 0.2) is 30.3 Å². The van der Waals surface area contributed by atoms with Crippen molar-refractivity contribution in [3.05, 3.63) is 35.9 Å². The molecule has 4 saturated carbocycles. The summed E-state index contributed by atoms with van der Waals surface area (Å²) in [5.41, 5.74) is -0.0462. The van der Waals surface area contributed by atoms with Crippen LogP contribution in [0.4, 0.5) is 0 Å². The molecule has 1 aromatic carbocycles. The molecule has 224 valence electrons. The molecule has 0 N–H and O–H groups in total. The maximum atomic E-state index is 14.6. The Balaban J connectivity index is 1.43. The molecule has 0 spiro atoms. The quantitative estimate of drug-likeness (QED) is 0.277. The van der Waals surface area contributed by atoms with Gasteiger partial charge >= 0.3 is 5.97 Å². The summed E-state index contributed by atoms with van der Waals surface area (Å²) in [7, 11) is -3.57. The number of esters is 1. The van der Waals surface area contributed by atoms with E-state index in [0.29, 0.717) is 5.92 Å². The predicted octanol–water partition coefficient (Wildman–Crippen LogP) is 7.19. The third kappa shape index (κ3) is 5.76. The number of benzene rings is 1. The fourth-order valence-electron chi connectivity index (χ4n) is 8.70. The SMILES string of the molecule is CC(C)OC(C(=O)O[C@@H]1C[C@H]2CC[C@]1(CS(=O)(=O)N(C1CCCCC1)C1CCCCC1)C2(C)C)c1ccccc1. The van der Waals surface area contributed by atoms with Gasteiger partial charge in [0.2, 0.25) is 10.0 Å². The van der Waals surface area contributed by atoms with Gasteiger partial charge in [0, 0.05) is 17.5 Å². The van der Waals surface area contributed by atoms with E-state index in [0.717, 1.165) is 76.2 Å². The van der Waals surface area contributed by atoms with E-state index in [9.17, 15) is 13.2 Å². The van der Waals surface area contributed by atoms with Gasteiger partial charge in [0.15, 0.2) is 6.10 Å². The summed E-state index contributed by atoms with van der Waals surface area (Å²) in [6, 6.07) is 9.74. The standard InChI is InChI=1S/C33H51NO5S/c1-24(2)38-30(25-14-8-5-9-15-25)31(35)39-29-22-26-20-21-33(29,32(26,3)4)23-40(36,37)34(27-16-10-6-11-17-27)28-18-12-7-13-19-28/h5,8-9,14-15,24,26-30H,6-7,10-13,16-23H2,1-4H3/t26-,29-,30?,33-/m1/s1. The van der Waals surface area contributed by atoms with Crippen molar-refractivity contribution < 1.29 is 22.7 Å². The second-order valence-corrected chi connectivity index (χ2v) is 15.8. The van der Waals surface area contributed by atoms with Crippen molar-refractivity contribution in [1.29, 1.82) is 0 Å². The fraction of sp³-hybridized carbons (Fsp3) is 0.788. The van der Waals surface area contributed by atoms with E-state index in [-0.39, 0.29) is 29.4 Å². The van der Waals surface area contributed by atoms with Gasteiger partial charge in [-0.3, -0.25) is 0 Å². The number of fused-ring (bicyclic) bond motifs is 2. The van der Waals surface area contributed by atoms with Crippen LogP contribution in [0.2, 0.25) is 0 Å². The van der Waals surface area contributed by atoms with Crippen LogP contribution in [0.3, 0.4) is 0 Å². The average Bonchev–Trinajstić information content (AvgIpc) is 3.28. The Hall–Kier alpha value is -1.44. The zero-order valence-corrected chi connectivity index (χ0v) is 26.0. The molecular formula is C33H51NO5S. The number of rotatable bonds is 10. The molecule has 0 heterocycles. The highest BCUT2D eigenvalue weighted by molar-refractivity contribution is 7.89. The van der Waals surface area contributed by atoms with Crippen LogP contribution < -0.4 is 0 Å². The topological polar surface area (TPSA) is 72.9 Å². The van der Waals surface area contributed by atoms with Gasteiger partial charge in [0.25, 0.3) is 0 Å². The van der Waals surface area contributed by atoms with E-state index in [1.165, 1.54) is 12.8 Å². The molecule has 4 atom stereocenters. The smallest absolute Gasteiger partial charge is 0.340 e. The van der Waals surface area contributed by atoms with E-state index in [4.69, 9.17) is 9.47 Å². The first-order valence-corrected chi connectivity index (χ1v) is 17.6. The highest BCUT2D eigenvalue weighted by Gasteiger charge is 2.67. The van der Waals surface area contributed by atoms with Crippen molar-refractivity contribution in [2.45, 2.75) is 142 Å². The van der Waals surface area contributed by atoms with Gasteiger partial charge in [-0.2, -0.15) is 4.31 Å². The molecule has 7 heteroatoms. The lowest BCUT2D eigenvalue weighted by Gasteiger charge is -2.46. The van der Waals surface area contributed by atoms with E-state index >= 15 is 0 Å². The van der Waals surface area contributed by atoms with Gasteiger partial charge in [-0.1, -0.05) is 82.7 Å². The van der Waals surface area contributed by atoms with Crippen LogP contribution in [0, 0.1) is 16.7 Å². The van der Waals surface area contributed by atoms with Crippen molar-refractivity contribution in [1.82, 2.24) is 4.31 Å². The molecule has 40 heavy (non-hydrogen) atoms. The maximum Gasteiger partial charge on any atom is 0.340 e. The number of hydrogen-bond donors (Lipinski definition) is 0. The van der Waals surface area contributed by atoms with Crippen LogP contribution in [0.5, 0.6) is 0 Å². The molecule has 0 saturated heterocycles. The summed E-state index contributed by atoms with van der Waals surface area (Å²) in [5.74, 6) is 0.0242. The fourth-order valence-corrected chi connectivity index (χ4v) is 11.5. The highest BCUT2D eigenvalue weighted by atomic mass is 32.2. The second-order valence-electron chi connectivity index (χ2n) is 13.9.